The van der Waals surface area contributed by atoms with E-state index in [1.54, 1.807) is 11.3 Å². The van der Waals surface area contributed by atoms with Gasteiger partial charge >= 0.3 is 5.97 Å². The highest BCUT2D eigenvalue weighted by atomic mass is 32.1. The molecule has 0 fully saturated rings. The first-order valence-corrected chi connectivity index (χ1v) is 11.0. The van der Waals surface area contributed by atoms with Crippen molar-refractivity contribution in [3.05, 3.63) is 33.5 Å². The zero-order valence-electron chi connectivity index (χ0n) is 16.9. The van der Waals surface area contributed by atoms with Crippen LogP contribution in [0.25, 0.3) is 0 Å². The maximum Gasteiger partial charge on any atom is 0.341 e. The molecule has 3 rings (SSSR count). The number of aromatic nitrogens is 2. The molecule has 1 unspecified atom stereocenters. The van der Waals surface area contributed by atoms with Crippen LogP contribution in [-0.4, -0.2) is 27.5 Å². The van der Waals surface area contributed by atoms with E-state index in [9.17, 15) is 4.79 Å². The Bertz CT molecular complexity index is 872. The first-order chi connectivity index (χ1) is 13.4. The molecule has 2 N–H and O–H groups in total. The predicted molar refractivity (Wildman–Crippen MR) is 117 cm³/mol. The van der Waals surface area contributed by atoms with E-state index in [4.69, 9.17) is 17.0 Å². The molecule has 1 aliphatic carbocycles. The van der Waals surface area contributed by atoms with Crippen molar-refractivity contribution in [1.29, 1.82) is 0 Å². The van der Waals surface area contributed by atoms with Crippen molar-refractivity contribution in [1.82, 2.24) is 15.1 Å². The van der Waals surface area contributed by atoms with Gasteiger partial charge in [-0.1, -0.05) is 6.42 Å². The van der Waals surface area contributed by atoms with E-state index >= 15 is 0 Å². The number of thiophene rings is 1. The molecule has 152 valence electrons. The molecule has 6 nitrogen and oxygen atoms in total. The summed E-state index contributed by atoms with van der Waals surface area (Å²) in [6.07, 6.45) is 7.26. The second kappa shape index (κ2) is 9.05. The van der Waals surface area contributed by atoms with Crippen LogP contribution in [0.4, 0.5) is 5.00 Å². The van der Waals surface area contributed by atoms with Crippen LogP contribution < -0.4 is 10.6 Å². The number of hydrogen-bond donors (Lipinski definition) is 2. The standard InChI is InChI=1S/C20H28N4O2S2/c1-5-26-19(25)17-14-9-7-6-8-10-16(14)28-18(17)23-20(27)22-12(2)15-11-21-24(4)13(15)3/h11-12H,5-10H2,1-4H3,(H2,22,23,27). The number of nitrogens with zero attached hydrogens (tertiary/aromatic N) is 2. The van der Waals surface area contributed by atoms with Gasteiger partial charge in [-0.25, -0.2) is 4.79 Å². The van der Waals surface area contributed by atoms with Crippen LogP contribution in [0.5, 0.6) is 0 Å². The maximum absolute atomic E-state index is 12.7. The van der Waals surface area contributed by atoms with Crippen LogP contribution in [0, 0.1) is 6.92 Å². The third-order valence-corrected chi connectivity index (χ3v) is 6.64. The van der Waals surface area contributed by atoms with Gasteiger partial charge < -0.3 is 15.4 Å². The van der Waals surface area contributed by atoms with Crippen molar-refractivity contribution in [2.45, 2.75) is 58.9 Å². The Morgan fingerprint density at radius 2 is 2.14 bits per heavy atom. The molecule has 2 aromatic rings. The first kappa shape index (κ1) is 20.8. The summed E-state index contributed by atoms with van der Waals surface area (Å²) in [5, 5.41) is 12.2. The number of esters is 1. The number of aryl methyl sites for hydroxylation is 2. The molecule has 2 heterocycles. The molecule has 2 aromatic heterocycles. The number of rotatable bonds is 5. The molecule has 0 aliphatic heterocycles. The van der Waals surface area contributed by atoms with Crippen molar-refractivity contribution in [2.24, 2.45) is 7.05 Å². The molecule has 0 saturated carbocycles. The molecule has 0 bridgehead atoms. The Morgan fingerprint density at radius 3 is 2.82 bits per heavy atom. The largest absolute Gasteiger partial charge is 0.462 e. The van der Waals surface area contributed by atoms with E-state index in [-0.39, 0.29) is 12.0 Å². The number of hydrogen-bond acceptors (Lipinski definition) is 5. The molecule has 1 aliphatic rings. The average molecular weight is 421 g/mol. The maximum atomic E-state index is 12.7. The van der Waals surface area contributed by atoms with E-state index in [2.05, 4.69) is 15.7 Å². The molecule has 0 spiro atoms. The minimum atomic E-state index is -0.261. The number of nitrogens with one attached hydrogen (secondary N) is 2. The second-order valence-corrected chi connectivity index (χ2v) is 8.63. The van der Waals surface area contributed by atoms with Crippen LogP contribution in [0.15, 0.2) is 6.20 Å². The Balaban J connectivity index is 1.80. The Morgan fingerprint density at radius 1 is 1.39 bits per heavy atom. The van der Waals surface area contributed by atoms with Gasteiger partial charge in [0.05, 0.1) is 24.4 Å². The van der Waals surface area contributed by atoms with Gasteiger partial charge in [0.2, 0.25) is 0 Å². The van der Waals surface area contributed by atoms with Gasteiger partial charge in [0.1, 0.15) is 5.00 Å². The molecule has 0 radical (unpaired) electrons. The lowest BCUT2D eigenvalue weighted by molar-refractivity contribution is 0.0527. The van der Waals surface area contributed by atoms with Gasteiger partial charge in [-0.15, -0.1) is 11.3 Å². The van der Waals surface area contributed by atoms with Crippen molar-refractivity contribution in [2.75, 3.05) is 11.9 Å². The van der Waals surface area contributed by atoms with Crippen LogP contribution in [0.3, 0.4) is 0 Å². The zero-order valence-corrected chi connectivity index (χ0v) is 18.6. The topological polar surface area (TPSA) is 68.2 Å². The lowest BCUT2D eigenvalue weighted by atomic mass is 10.1. The van der Waals surface area contributed by atoms with Crippen LogP contribution in [-0.2, 0) is 24.6 Å². The van der Waals surface area contributed by atoms with Crippen molar-refractivity contribution >= 4 is 39.6 Å². The number of carbonyl (C=O) groups is 1. The molecule has 8 heteroatoms. The number of thiocarbonyl (C=S) groups is 1. The number of fused-ring (bicyclic) bond motifs is 1. The zero-order chi connectivity index (χ0) is 20.3. The highest BCUT2D eigenvalue weighted by Gasteiger charge is 2.26. The fourth-order valence-corrected chi connectivity index (χ4v) is 5.23. The number of ether oxygens (including phenoxy) is 1. The minimum absolute atomic E-state index is 0.0116. The van der Waals surface area contributed by atoms with E-state index in [1.807, 2.05) is 38.7 Å². The Hall–Kier alpha value is -1.93. The van der Waals surface area contributed by atoms with Crippen molar-refractivity contribution < 1.29 is 9.53 Å². The quantitative estimate of drug-likeness (QED) is 0.427. The molecule has 1 atom stereocenters. The molecule has 0 aromatic carbocycles. The van der Waals surface area contributed by atoms with Crippen LogP contribution >= 0.6 is 23.6 Å². The van der Waals surface area contributed by atoms with Crippen molar-refractivity contribution in [3.63, 3.8) is 0 Å². The summed E-state index contributed by atoms with van der Waals surface area (Å²) >= 11 is 7.18. The highest BCUT2D eigenvalue weighted by molar-refractivity contribution is 7.80. The second-order valence-electron chi connectivity index (χ2n) is 7.12. The summed E-state index contributed by atoms with van der Waals surface area (Å²) < 4.78 is 7.18. The summed E-state index contributed by atoms with van der Waals surface area (Å²) in [5.74, 6) is -0.261. The van der Waals surface area contributed by atoms with E-state index in [0.717, 1.165) is 47.5 Å². The van der Waals surface area contributed by atoms with Gasteiger partial charge in [-0.2, -0.15) is 5.10 Å². The van der Waals surface area contributed by atoms with E-state index < -0.39 is 0 Å². The minimum Gasteiger partial charge on any atom is -0.462 e. The fourth-order valence-electron chi connectivity index (χ4n) is 3.60. The smallest absolute Gasteiger partial charge is 0.341 e. The van der Waals surface area contributed by atoms with Gasteiger partial charge in [-0.3, -0.25) is 4.68 Å². The SMILES string of the molecule is CCOC(=O)c1c(NC(=S)NC(C)c2cnn(C)c2C)sc2c1CCCCC2. The highest BCUT2D eigenvalue weighted by Crippen LogP contribution is 2.38. The van der Waals surface area contributed by atoms with Gasteiger partial charge in [0.15, 0.2) is 5.11 Å². The van der Waals surface area contributed by atoms with E-state index in [1.165, 1.54) is 11.3 Å². The lowest BCUT2D eigenvalue weighted by Gasteiger charge is -2.17. The molecule has 0 amide bonds. The van der Waals surface area contributed by atoms with Gasteiger partial charge in [0.25, 0.3) is 0 Å². The van der Waals surface area contributed by atoms with Crippen LogP contribution in [0.1, 0.15) is 71.2 Å². The Kier molecular flexibility index (Phi) is 6.72. The molecule has 28 heavy (non-hydrogen) atoms. The van der Waals surface area contributed by atoms with Crippen LogP contribution in [0.2, 0.25) is 0 Å². The monoisotopic (exact) mass is 420 g/mol. The summed E-state index contributed by atoms with van der Waals surface area (Å²) in [5.41, 5.74) is 4.00. The summed E-state index contributed by atoms with van der Waals surface area (Å²) in [7, 11) is 1.92. The fraction of sp³-hybridized carbons (Fsp3) is 0.550. The first-order valence-electron chi connectivity index (χ1n) is 9.80. The third kappa shape index (κ3) is 4.38. The van der Waals surface area contributed by atoms with Gasteiger partial charge in [-0.05, 0) is 64.2 Å². The van der Waals surface area contributed by atoms with Crippen molar-refractivity contribution in [3.8, 4) is 0 Å². The number of anilines is 1. The lowest BCUT2D eigenvalue weighted by Crippen LogP contribution is -2.31. The molecular weight excluding hydrogens is 392 g/mol. The Labute approximate surface area is 175 Å². The normalized spacial score (nSPS) is 14.7. The summed E-state index contributed by atoms with van der Waals surface area (Å²) in [6.45, 7) is 6.28. The summed E-state index contributed by atoms with van der Waals surface area (Å²) in [4.78, 5) is 13.9. The summed E-state index contributed by atoms with van der Waals surface area (Å²) in [6, 6.07) is 0.0116. The van der Waals surface area contributed by atoms with Gasteiger partial charge in [0, 0.05) is 23.2 Å². The molecule has 0 saturated heterocycles. The average Bonchev–Trinajstić information content (AvgIpc) is 3.05. The predicted octanol–water partition coefficient (Wildman–Crippen LogP) is 4.28. The number of carbonyl (C=O) groups excluding carboxylic acids is 1. The third-order valence-electron chi connectivity index (χ3n) is 5.22. The molecular formula is C20H28N4O2S2. The van der Waals surface area contributed by atoms with E-state index in [0.29, 0.717) is 17.3 Å².